The molecule has 2 N–H and O–H groups in total. The molecule has 0 atom stereocenters. The second-order valence-electron chi connectivity index (χ2n) is 4.04. The van der Waals surface area contributed by atoms with Crippen LogP contribution in [0.15, 0.2) is 47.2 Å². The van der Waals surface area contributed by atoms with E-state index in [-0.39, 0.29) is 6.61 Å². The van der Waals surface area contributed by atoms with Crippen LogP contribution in [0.1, 0.15) is 11.1 Å². The zero-order valence-corrected chi connectivity index (χ0v) is 11.5. The molecule has 18 heavy (non-hydrogen) atoms. The zero-order chi connectivity index (χ0) is 12.8. The normalized spacial score (nSPS) is 10.3. The molecule has 1 heterocycles. The largest absolute Gasteiger partial charge is 0.396 e. The van der Waals surface area contributed by atoms with Gasteiger partial charge in [-0.05, 0) is 51.7 Å². The number of aliphatic hydroxyl groups excluding tert-OH is 1. The molecule has 1 aromatic carbocycles. The Kier molecular flexibility index (Phi) is 4.73. The molecule has 0 spiro atoms. The van der Waals surface area contributed by atoms with Gasteiger partial charge in [0.15, 0.2) is 0 Å². The van der Waals surface area contributed by atoms with E-state index in [1.54, 1.807) is 6.20 Å². The van der Waals surface area contributed by atoms with E-state index in [2.05, 4.69) is 26.2 Å². The van der Waals surface area contributed by atoms with Crippen LogP contribution in [0.25, 0.3) is 0 Å². The van der Waals surface area contributed by atoms with E-state index in [0.29, 0.717) is 6.42 Å². The lowest BCUT2D eigenvalue weighted by Crippen LogP contribution is -2.00. The van der Waals surface area contributed by atoms with Crippen LogP contribution in [-0.2, 0) is 13.0 Å². The van der Waals surface area contributed by atoms with Crippen LogP contribution in [0.5, 0.6) is 0 Å². The zero-order valence-electron chi connectivity index (χ0n) is 9.94. The molecule has 1 aromatic heterocycles. The number of rotatable bonds is 5. The Bertz CT molecular complexity index is 499. The molecule has 2 aromatic rings. The summed E-state index contributed by atoms with van der Waals surface area (Å²) < 4.78 is 0.986. The van der Waals surface area contributed by atoms with Crippen molar-refractivity contribution in [2.45, 2.75) is 13.0 Å². The van der Waals surface area contributed by atoms with Crippen molar-refractivity contribution in [3.63, 3.8) is 0 Å². The molecule has 0 saturated carbocycles. The van der Waals surface area contributed by atoms with Crippen LogP contribution >= 0.6 is 15.9 Å². The van der Waals surface area contributed by atoms with Crippen molar-refractivity contribution in [3.05, 3.63) is 58.3 Å². The van der Waals surface area contributed by atoms with Gasteiger partial charge in [0.1, 0.15) is 0 Å². The van der Waals surface area contributed by atoms with Gasteiger partial charge in [0.25, 0.3) is 0 Å². The highest BCUT2D eigenvalue weighted by atomic mass is 79.9. The van der Waals surface area contributed by atoms with E-state index < -0.39 is 0 Å². The lowest BCUT2D eigenvalue weighted by Gasteiger charge is -2.07. The second-order valence-corrected chi connectivity index (χ2v) is 4.95. The van der Waals surface area contributed by atoms with E-state index in [1.807, 2.05) is 36.5 Å². The minimum atomic E-state index is 0.191. The highest BCUT2D eigenvalue weighted by molar-refractivity contribution is 9.10. The number of nitrogens with one attached hydrogen (secondary N) is 1. The van der Waals surface area contributed by atoms with Gasteiger partial charge in [0.05, 0.1) is 0 Å². The summed E-state index contributed by atoms with van der Waals surface area (Å²) in [5.41, 5.74) is 3.34. The smallest absolute Gasteiger partial charge is 0.0471 e. The van der Waals surface area contributed by atoms with Crippen LogP contribution in [0.3, 0.4) is 0 Å². The fraction of sp³-hybridized carbons (Fsp3) is 0.214. The molecular weight excluding hydrogens is 292 g/mol. The van der Waals surface area contributed by atoms with Crippen molar-refractivity contribution in [1.82, 2.24) is 4.98 Å². The minimum absolute atomic E-state index is 0.191. The van der Waals surface area contributed by atoms with Crippen LogP contribution in [0.2, 0.25) is 0 Å². The first-order valence-electron chi connectivity index (χ1n) is 5.81. The van der Waals surface area contributed by atoms with Crippen molar-refractivity contribution < 1.29 is 5.11 Å². The number of nitrogens with zero attached hydrogens (tertiary/aromatic N) is 1. The van der Waals surface area contributed by atoms with Crippen molar-refractivity contribution in [1.29, 1.82) is 0 Å². The molecule has 0 fully saturated rings. The van der Waals surface area contributed by atoms with E-state index in [4.69, 9.17) is 5.11 Å². The Hall–Kier alpha value is -1.39. The molecule has 2 rings (SSSR count). The monoisotopic (exact) mass is 306 g/mol. The Morgan fingerprint density at radius 1 is 1.11 bits per heavy atom. The Balaban J connectivity index is 1.93. The summed E-state index contributed by atoms with van der Waals surface area (Å²) in [5.74, 6) is 0. The van der Waals surface area contributed by atoms with Gasteiger partial charge in [0, 0.05) is 35.7 Å². The molecule has 0 aliphatic carbocycles. The first kappa shape index (κ1) is 13.1. The average molecular weight is 307 g/mol. The summed E-state index contributed by atoms with van der Waals surface area (Å²) >= 11 is 3.40. The molecule has 3 nitrogen and oxygen atoms in total. The molecule has 0 aliphatic rings. The van der Waals surface area contributed by atoms with Gasteiger partial charge in [0.2, 0.25) is 0 Å². The highest BCUT2D eigenvalue weighted by Crippen LogP contribution is 2.13. The number of anilines is 1. The van der Waals surface area contributed by atoms with Gasteiger partial charge in [-0.1, -0.05) is 12.1 Å². The summed E-state index contributed by atoms with van der Waals surface area (Å²) in [6.45, 7) is 0.933. The summed E-state index contributed by atoms with van der Waals surface area (Å²) in [6, 6.07) is 10.1. The van der Waals surface area contributed by atoms with E-state index >= 15 is 0 Å². The standard InChI is InChI=1S/C14H15BrN2O/c15-13-7-12(8-16-10-13)9-17-14-3-1-11(2-4-14)5-6-18/h1-4,7-8,10,17-18H,5-6,9H2. The van der Waals surface area contributed by atoms with E-state index in [0.717, 1.165) is 27.8 Å². The van der Waals surface area contributed by atoms with E-state index in [1.165, 1.54) is 0 Å². The van der Waals surface area contributed by atoms with Gasteiger partial charge >= 0.3 is 0 Å². The lowest BCUT2D eigenvalue weighted by molar-refractivity contribution is 0.299. The predicted molar refractivity (Wildman–Crippen MR) is 76.5 cm³/mol. The van der Waals surface area contributed by atoms with Crippen molar-refractivity contribution >= 4 is 21.6 Å². The van der Waals surface area contributed by atoms with Crippen LogP contribution in [0.4, 0.5) is 5.69 Å². The fourth-order valence-electron chi connectivity index (χ4n) is 1.68. The number of halogens is 1. The Morgan fingerprint density at radius 2 is 1.89 bits per heavy atom. The third kappa shape index (κ3) is 3.82. The van der Waals surface area contributed by atoms with Crippen molar-refractivity contribution in [2.75, 3.05) is 11.9 Å². The van der Waals surface area contributed by atoms with Crippen LogP contribution < -0.4 is 5.32 Å². The number of benzene rings is 1. The topological polar surface area (TPSA) is 45.1 Å². The third-order valence-electron chi connectivity index (χ3n) is 2.61. The van der Waals surface area contributed by atoms with Gasteiger partial charge in [-0.2, -0.15) is 0 Å². The highest BCUT2D eigenvalue weighted by Gasteiger charge is 1.97. The summed E-state index contributed by atoms with van der Waals surface area (Å²) in [7, 11) is 0. The van der Waals surface area contributed by atoms with Crippen molar-refractivity contribution in [3.8, 4) is 0 Å². The predicted octanol–water partition coefficient (Wildman–Crippen LogP) is 2.99. The first-order valence-corrected chi connectivity index (χ1v) is 6.60. The maximum absolute atomic E-state index is 8.84. The van der Waals surface area contributed by atoms with Crippen molar-refractivity contribution in [2.24, 2.45) is 0 Å². The number of pyridine rings is 1. The molecule has 0 amide bonds. The van der Waals surface area contributed by atoms with E-state index in [9.17, 15) is 0 Å². The van der Waals surface area contributed by atoms with Crippen LogP contribution in [-0.4, -0.2) is 16.7 Å². The molecule has 4 heteroatoms. The summed E-state index contributed by atoms with van der Waals surface area (Å²) in [6.07, 6.45) is 4.32. The van der Waals surface area contributed by atoms with Gasteiger partial charge < -0.3 is 10.4 Å². The summed E-state index contributed by atoms with van der Waals surface area (Å²) in [5, 5.41) is 12.2. The number of aromatic nitrogens is 1. The Labute approximate surface area is 115 Å². The number of hydrogen-bond acceptors (Lipinski definition) is 3. The SMILES string of the molecule is OCCc1ccc(NCc2cncc(Br)c2)cc1. The second kappa shape index (κ2) is 6.52. The first-order chi connectivity index (χ1) is 8.78. The van der Waals surface area contributed by atoms with Gasteiger partial charge in [-0.15, -0.1) is 0 Å². The number of aliphatic hydroxyl groups is 1. The molecule has 94 valence electrons. The van der Waals surface area contributed by atoms with Gasteiger partial charge in [-0.25, -0.2) is 0 Å². The summed E-state index contributed by atoms with van der Waals surface area (Å²) in [4.78, 5) is 4.12. The third-order valence-corrected chi connectivity index (χ3v) is 3.05. The molecule has 0 saturated heterocycles. The van der Waals surface area contributed by atoms with Gasteiger partial charge in [-0.3, -0.25) is 4.98 Å². The molecule has 0 bridgehead atoms. The Morgan fingerprint density at radius 3 is 2.56 bits per heavy atom. The molecule has 0 radical (unpaired) electrons. The van der Waals surface area contributed by atoms with Crippen LogP contribution in [0, 0.1) is 0 Å². The fourth-order valence-corrected chi connectivity index (χ4v) is 2.09. The quantitative estimate of drug-likeness (QED) is 0.892. The molecule has 0 unspecified atom stereocenters. The number of hydrogen-bond donors (Lipinski definition) is 2. The molecule has 0 aliphatic heterocycles. The minimum Gasteiger partial charge on any atom is -0.396 e. The average Bonchev–Trinajstić information content (AvgIpc) is 2.38. The lowest BCUT2D eigenvalue weighted by atomic mass is 10.1. The maximum atomic E-state index is 8.84. The maximum Gasteiger partial charge on any atom is 0.0471 e. The molecular formula is C14H15BrN2O.